The Balaban J connectivity index is 0.00000312. The minimum Gasteiger partial charge on any atom is -0.381 e. The summed E-state index contributed by atoms with van der Waals surface area (Å²) in [6, 6.07) is 8.42. The third-order valence-corrected chi connectivity index (χ3v) is 8.36. The molecule has 0 bridgehead atoms. The molecule has 140 valence electrons. The number of hydrogen-bond acceptors (Lipinski definition) is 7. The molecule has 0 spiro atoms. The van der Waals surface area contributed by atoms with E-state index in [1.165, 1.54) is 30.3 Å². The predicted octanol–water partition coefficient (Wildman–Crippen LogP) is 2.27. The molecule has 2 aromatic rings. The molecule has 0 aliphatic carbocycles. The van der Waals surface area contributed by atoms with E-state index in [2.05, 4.69) is 0 Å². The van der Waals surface area contributed by atoms with Crippen molar-refractivity contribution in [3.05, 3.63) is 41.3 Å². The van der Waals surface area contributed by atoms with Crippen molar-refractivity contribution in [1.82, 2.24) is 0 Å². The van der Waals surface area contributed by atoms with E-state index >= 15 is 0 Å². The van der Waals surface area contributed by atoms with Crippen molar-refractivity contribution >= 4 is 43.4 Å². The first-order valence-electron chi connectivity index (χ1n) is 7.25. The summed E-state index contributed by atoms with van der Waals surface area (Å²) >= 11 is 1.11. The van der Waals surface area contributed by atoms with E-state index < -0.39 is 19.7 Å². The van der Waals surface area contributed by atoms with Gasteiger partial charge in [-0.2, -0.15) is 0 Å². The van der Waals surface area contributed by atoms with Gasteiger partial charge in [-0.1, -0.05) is 0 Å². The average Bonchev–Trinajstić information content (AvgIpc) is 3.05. The van der Waals surface area contributed by atoms with Gasteiger partial charge in [-0.15, -0.1) is 23.7 Å². The summed E-state index contributed by atoms with van der Waals surface area (Å²) < 4.78 is 54.6. The SMILES string of the molecule is CCOCCS(=O)(=O)c1ccc(S(=O)(=O)c2ccc(CN)s2)cc1.Cl. The first-order valence-corrected chi connectivity index (χ1v) is 11.2. The molecular formula is C15H20ClNO5S3. The second kappa shape index (κ2) is 9.11. The van der Waals surface area contributed by atoms with Crippen molar-refractivity contribution in [1.29, 1.82) is 0 Å². The Morgan fingerprint density at radius 2 is 1.60 bits per heavy atom. The molecule has 1 heterocycles. The number of sulfone groups is 2. The number of hydrogen-bond donors (Lipinski definition) is 1. The van der Waals surface area contributed by atoms with Crippen LogP contribution >= 0.6 is 23.7 Å². The summed E-state index contributed by atoms with van der Waals surface area (Å²) in [7, 11) is -7.16. The molecule has 0 aliphatic rings. The third-order valence-electron chi connectivity index (χ3n) is 3.30. The molecule has 0 atom stereocenters. The minimum atomic E-state index is -3.67. The van der Waals surface area contributed by atoms with Gasteiger partial charge in [-0.25, -0.2) is 16.8 Å². The Labute approximate surface area is 158 Å². The van der Waals surface area contributed by atoms with Crippen LogP contribution in [0.25, 0.3) is 0 Å². The lowest BCUT2D eigenvalue weighted by Gasteiger charge is -2.06. The maximum atomic E-state index is 12.5. The van der Waals surface area contributed by atoms with E-state index in [9.17, 15) is 16.8 Å². The second-order valence-electron chi connectivity index (χ2n) is 4.92. The third kappa shape index (κ3) is 5.25. The summed E-state index contributed by atoms with van der Waals surface area (Å²) in [4.78, 5) is 0.898. The van der Waals surface area contributed by atoms with Crippen LogP contribution in [0.2, 0.25) is 0 Å². The number of halogens is 1. The van der Waals surface area contributed by atoms with Crippen LogP contribution in [0, 0.1) is 0 Å². The Morgan fingerprint density at radius 3 is 2.12 bits per heavy atom. The fraction of sp³-hybridized carbons (Fsp3) is 0.333. The summed E-state index contributed by atoms with van der Waals surface area (Å²) in [5, 5.41) is 0. The van der Waals surface area contributed by atoms with Crippen LogP contribution in [0.15, 0.2) is 50.4 Å². The van der Waals surface area contributed by atoms with Gasteiger partial charge in [-0.3, -0.25) is 0 Å². The lowest BCUT2D eigenvalue weighted by atomic mass is 10.4. The maximum Gasteiger partial charge on any atom is 0.215 e. The number of ether oxygens (including phenoxy) is 1. The summed E-state index contributed by atoms with van der Waals surface area (Å²) in [6.45, 7) is 2.61. The normalized spacial score (nSPS) is 11.9. The number of thiophene rings is 1. The van der Waals surface area contributed by atoms with Gasteiger partial charge in [0.1, 0.15) is 4.21 Å². The van der Waals surface area contributed by atoms with Crippen molar-refractivity contribution < 1.29 is 21.6 Å². The van der Waals surface area contributed by atoms with E-state index in [1.54, 1.807) is 13.0 Å². The maximum absolute atomic E-state index is 12.5. The molecule has 0 saturated heterocycles. The molecule has 0 aliphatic heterocycles. The van der Waals surface area contributed by atoms with E-state index in [4.69, 9.17) is 10.5 Å². The first-order chi connectivity index (χ1) is 11.3. The summed E-state index contributed by atoms with van der Waals surface area (Å²) in [5.41, 5.74) is 5.50. The van der Waals surface area contributed by atoms with Crippen LogP contribution in [0.5, 0.6) is 0 Å². The second-order valence-corrected chi connectivity index (χ2v) is 10.4. The first kappa shape index (κ1) is 22.1. The molecule has 1 aromatic carbocycles. The standard InChI is InChI=1S/C15H19NO5S3.ClH/c1-2-21-9-10-23(17,18)13-4-6-14(7-5-13)24(19,20)15-8-3-12(11-16)22-15;/h3-8H,2,9-11,16H2,1H3;1H. The van der Waals surface area contributed by atoms with Gasteiger partial charge in [0.2, 0.25) is 9.84 Å². The van der Waals surface area contributed by atoms with Crippen molar-refractivity contribution in [2.24, 2.45) is 5.73 Å². The van der Waals surface area contributed by atoms with Gasteiger partial charge in [-0.05, 0) is 43.3 Å². The van der Waals surface area contributed by atoms with Crippen LogP contribution < -0.4 is 5.73 Å². The Kier molecular flexibility index (Phi) is 8.04. The van der Waals surface area contributed by atoms with Crippen molar-refractivity contribution in [2.75, 3.05) is 19.0 Å². The van der Waals surface area contributed by atoms with Gasteiger partial charge >= 0.3 is 0 Å². The zero-order valence-corrected chi connectivity index (χ0v) is 16.8. The van der Waals surface area contributed by atoms with Crippen LogP contribution in [0.4, 0.5) is 0 Å². The van der Waals surface area contributed by atoms with E-state index in [0.717, 1.165) is 16.2 Å². The van der Waals surface area contributed by atoms with E-state index in [0.29, 0.717) is 6.61 Å². The van der Waals surface area contributed by atoms with Gasteiger partial charge < -0.3 is 10.5 Å². The number of rotatable bonds is 8. The van der Waals surface area contributed by atoms with Gasteiger partial charge in [0.25, 0.3) is 0 Å². The lowest BCUT2D eigenvalue weighted by molar-refractivity contribution is 0.163. The molecule has 0 amide bonds. The molecule has 1 aromatic heterocycles. The summed E-state index contributed by atoms with van der Waals surface area (Å²) in [5.74, 6) is -0.141. The van der Waals surface area contributed by atoms with Crippen LogP contribution in [0.1, 0.15) is 11.8 Å². The van der Waals surface area contributed by atoms with Crippen molar-refractivity contribution in [2.45, 2.75) is 27.5 Å². The van der Waals surface area contributed by atoms with Crippen LogP contribution in [-0.2, 0) is 31.0 Å². The number of nitrogens with two attached hydrogens (primary N) is 1. The highest BCUT2D eigenvalue weighted by Crippen LogP contribution is 2.28. The van der Waals surface area contributed by atoms with Crippen LogP contribution in [-0.4, -0.2) is 35.8 Å². The molecule has 2 rings (SSSR count). The molecule has 25 heavy (non-hydrogen) atoms. The highest BCUT2D eigenvalue weighted by Gasteiger charge is 2.21. The zero-order valence-electron chi connectivity index (χ0n) is 13.5. The van der Waals surface area contributed by atoms with Crippen molar-refractivity contribution in [3.8, 4) is 0 Å². The molecule has 0 saturated carbocycles. The lowest BCUT2D eigenvalue weighted by Crippen LogP contribution is -2.12. The molecular weight excluding hydrogens is 406 g/mol. The fourth-order valence-corrected chi connectivity index (χ4v) is 5.75. The van der Waals surface area contributed by atoms with Gasteiger partial charge in [0.05, 0.1) is 22.2 Å². The van der Waals surface area contributed by atoms with Crippen molar-refractivity contribution in [3.63, 3.8) is 0 Å². The smallest absolute Gasteiger partial charge is 0.215 e. The van der Waals surface area contributed by atoms with Gasteiger partial charge in [0, 0.05) is 18.0 Å². The highest BCUT2D eigenvalue weighted by atomic mass is 35.5. The highest BCUT2D eigenvalue weighted by molar-refractivity contribution is 7.93. The molecule has 10 heteroatoms. The number of benzene rings is 1. The molecule has 0 unspecified atom stereocenters. The molecule has 6 nitrogen and oxygen atoms in total. The molecule has 2 N–H and O–H groups in total. The monoisotopic (exact) mass is 425 g/mol. The Bertz CT molecular complexity index is 890. The average molecular weight is 426 g/mol. The summed E-state index contributed by atoms with van der Waals surface area (Å²) in [6.07, 6.45) is 0. The van der Waals surface area contributed by atoms with Gasteiger partial charge in [0.15, 0.2) is 9.84 Å². The fourth-order valence-electron chi connectivity index (χ4n) is 1.99. The topological polar surface area (TPSA) is 104 Å². The Morgan fingerprint density at radius 1 is 1.00 bits per heavy atom. The van der Waals surface area contributed by atoms with Crippen LogP contribution in [0.3, 0.4) is 0 Å². The largest absolute Gasteiger partial charge is 0.381 e. The molecule has 0 radical (unpaired) electrons. The predicted molar refractivity (Wildman–Crippen MR) is 99.9 cm³/mol. The molecule has 0 fully saturated rings. The van der Waals surface area contributed by atoms with E-state index in [-0.39, 0.29) is 45.3 Å². The quantitative estimate of drug-likeness (QED) is 0.650. The Hall–Kier alpha value is -0.970. The zero-order chi connectivity index (χ0) is 17.8. The van der Waals surface area contributed by atoms with E-state index in [1.807, 2.05) is 0 Å². The minimum absolute atomic E-state index is 0.